The molecular formula is C22H20N6O2. The Hall–Kier alpha value is -3.96. The number of H-pyrrole nitrogens is 1. The first-order valence-corrected chi connectivity index (χ1v) is 9.29. The van der Waals surface area contributed by atoms with Crippen molar-refractivity contribution in [3.8, 4) is 28.1 Å². The summed E-state index contributed by atoms with van der Waals surface area (Å²) in [5, 5.41) is 12.2. The number of aromatic nitrogens is 4. The Bertz CT molecular complexity index is 1380. The highest BCUT2D eigenvalue weighted by Crippen LogP contribution is 2.42. The molecule has 4 aromatic rings. The summed E-state index contributed by atoms with van der Waals surface area (Å²) in [6.45, 7) is 9.78. The molecule has 0 spiro atoms. The molecule has 0 radical (unpaired) electrons. The van der Waals surface area contributed by atoms with Gasteiger partial charge in [-0.3, -0.25) is 9.48 Å². The molecule has 4 rings (SSSR count). The standard InChI is InChI=1S/C22H20N6O2/c1-12-19(30-4)8-7-15(20(12)24-2)21-17(11-25-28(21)3)13-5-6-14-16(9-13)18(10-23)26-27-22(14)29/h5-9,11H,10,23H2,1,3-4H3,(H,27,29). The number of rotatable bonds is 4. The molecule has 2 aromatic carbocycles. The van der Waals surface area contributed by atoms with Crippen LogP contribution in [0.25, 0.3) is 38.0 Å². The Labute approximate surface area is 172 Å². The minimum Gasteiger partial charge on any atom is -0.498 e. The van der Waals surface area contributed by atoms with Crippen LogP contribution < -0.4 is 16.0 Å². The number of nitrogens with two attached hydrogens (primary N) is 1. The van der Waals surface area contributed by atoms with Crippen molar-refractivity contribution >= 4 is 16.5 Å². The van der Waals surface area contributed by atoms with E-state index in [-0.39, 0.29) is 12.1 Å². The predicted octanol–water partition coefficient (Wildman–Crippen LogP) is 3.32. The molecule has 0 aliphatic rings. The van der Waals surface area contributed by atoms with Crippen molar-refractivity contribution in [3.63, 3.8) is 0 Å². The molecule has 0 unspecified atom stereocenters. The van der Waals surface area contributed by atoms with Gasteiger partial charge in [0.05, 0.1) is 36.7 Å². The van der Waals surface area contributed by atoms with Gasteiger partial charge in [0.2, 0.25) is 5.69 Å². The lowest BCUT2D eigenvalue weighted by atomic mass is 9.96. The maximum atomic E-state index is 12.1. The Kier molecular flexibility index (Phi) is 4.82. The van der Waals surface area contributed by atoms with Crippen LogP contribution in [0.2, 0.25) is 0 Å². The lowest BCUT2D eigenvalue weighted by Gasteiger charge is -2.13. The monoisotopic (exact) mass is 400 g/mol. The van der Waals surface area contributed by atoms with Gasteiger partial charge in [-0.2, -0.15) is 10.2 Å². The molecule has 0 amide bonds. The first-order chi connectivity index (χ1) is 14.5. The molecule has 0 saturated heterocycles. The number of benzene rings is 2. The van der Waals surface area contributed by atoms with E-state index in [0.717, 1.165) is 27.9 Å². The van der Waals surface area contributed by atoms with Gasteiger partial charge >= 0.3 is 0 Å². The highest BCUT2D eigenvalue weighted by Gasteiger charge is 2.20. The van der Waals surface area contributed by atoms with E-state index in [9.17, 15) is 4.79 Å². The molecule has 0 saturated carbocycles. The fourth-order valence-electron chi connectivity index (χ4n) is 3.75. The molecular weight excluding hydrogens is 380 g/mol. The molecule has 30 heavy (non-hydrogen) atoms. The van der Waals surface area contributed by atoms with Crippen molar-refractivity contribution in [2.75, 3.05) is 7.11 Å². The van der Waals surface area contributed by atoms with E-state index in [4.69, 9.17) is 17.0 Å². The Morgan fingerprint density at radius 3 is 2.73 bits per heavy atom. The number of aryl methyl sites for hydroxylation is 1. The van der Waals surface area contributed by atoms with Crippen LogP contribution in [0.5, 0.6) is 5.75 Å². The third kappa shape index (κ3) is 2.93. The lowest BCUT2D eigenvalue weighted by molar-refractivity contribution is 0.412. The van der Waals surface area contributed by atoms with Crippen molar-refractivity contribution in [1.82, 2.24) is 20.0 Å². The number of methoxy groups -OCH3 is 1. The third-order valence-electron chi connectivity index (χ3n) is 5.28. The number of hydrogen-bond acceptors (Lipinski definition) is 5. The highest BCUT2D eigenvalue weighted by atomic mass is 16.5. The molecule has 8 heteroatoms. The summed E-state index contributed by atoms with van der Waals surface area (Å²) in [5.74, 6) is 0.664. The van der Waals surface area contributed by atoms with Crippen LogP contribution in [-0.4, -0.2) is 27.1 Å². The highest BCUT2D eigenvalue weighted by molar-refractivity contribution is 5.93. The topological polar surface area (TPSA) is 103 Å². The van der Waals surface area contributed by atoms with Gasteiger partial charge in [0.25, 0.3) is 5.56 Å². The molecule has 2 aromatic heterocycles. The zero-order valence-corrected chi connectivity index (χ0v) is 16.9. The van der Waals surface area contributed by atoms with Crippen LogP contribution in [0.15, 0.2) is 41.3 Å². The van der Waals surface area contributed by atoms with E-state index in [0.29, 0.717) is 27.9 Å². The van der Waals surface area contributed by atoms with Crippen LogP contribution in [-0.2, 0) is 13.6 Å². The van der Waals surface area contributed by atoms with Crippen molar-refractivity contribution in [2.45, 2.75) is 13.5 Å². The second-order valence-electron chi connectivity index (χ2n) is 6.90. The molecule has 3 N–H and O–H groups in total. The first kappa shape index (κ1) is 19.4. The van der Waals surface area contributed by atoms with Gasteiger partial charge < -0.3 is 10.5 Å². The van der Waals surface area contributed by atoms with Crippen molar-refractivity contribution < 1.29 is 4.74 Å². The zero-order valence-electron chi connectivity index (χ0n) is 16.9. The molecule has 0 fully saturated rings. The summed E-state index contributed by atoms with van der Waals surface area (Å²) < 4.78 is 7.12. The molecule has 0 aliphatic heterocycles. The minimum absolute atomic E-state index is 0.205. The predicted molar refractivity (Wildman–Crippen MR) is 115 cm³/mol. The smallest absolute Gasteiger partial charge is 0.272 e. The Balaban J connectivity index is 1.98. The van der Waals surface area contributed by atoms with Crippen molar-refractivity contribution in [3.05, 3.63) is 69.6 Å². The van der Waals surface area contributed by atoms with Gasteiger partial charge in [0, 0.05) is 30.1 Å². The Morgan fingerprint density at radius 2 is 2.03 bits per heavy atom. The molecule has 2 heterocycles. The SMILES string of the molecule is [C-]#[N+]c1c(-c2c(-c3ccc4c(=O)[nH]nc(CN)c4c3)cnn2C)ccc(OC)c1C. The number of fused-ring (bicyclic) bond motifs is 1. The fourth-order valence-corrected chi connectivity index (χ4v) is 3.75. The number of hydrogen-bond donors (Lipinski definition) is 2. The number of ether oxygens (including phenoxy) is 1. The van der Waals surface area contributed by atoms with Crippen LogP contribution in [0.4, 0.5) is 5.69 Å². The van der Waals surface area contributed by atoms with E-state index < -0.39 is 0 Å². The quantitative estimate of drug-likeness (QED) is 0.512. The van der Waals surface area contributed by atoms with Gasteiger partial charge in [-0.1, -0.05) is 12.1 Å². The number of aromatic amines is 1. The summed E-state index contributed by atoms with van der Waals surface area (Å²) in [4.78, 5) is 15.9. The maximum Gasteiger partial charge on any atom is 0.272 e. The normalized spacial score (nSPS) is 10.9. The van der Waals surface area contributed by atoms with Gasteiger partial charge in [0.1, 0.15) is 5.75 Å². The largest absolute Gasteiger partial charge is 0.498 e. The average Bonchev–Trinajstić information content (AvgIpc) is 3.14. The van der Waals surface area contributed by atoms with Gasteiger partial charge in [-0.15, -0.1) is 0 Å². The summed E-state index contributed by atoms with van der Waals surface area (Å²) in [6, 6.07) is 9.25. The van der Waals surface area contributed by atoms with E-state index in [2.05, 4.69) is 20.1 Å². The van der Waals surface area contributed by atoms with Crippen LogP contribution in [0.1, 0.15) is 11.3 Å². The van der Waals surface area contributed by atoms with Crippen molar-refractivity contribution in [2.24, 2.45) is 12.8 Å². The molecule has 0 aliphatic carbocycles. The van der Waals surface area contributed by atoms with Gasteiger partial charge in [-0.25, -0.2) is 9.94 Å². The van der Waals surface area contributed by atoms with Crippen LogP contribution >= 0.6 is 0 Å². The molecule has 8 nitrogen and oxygen atoms in total. The van der Waals surface area contributed by atoms with E-state index in [1.807, 2.05) is 38.2 Å². The van der Waals surface area contributed by atoms with Crippen LogP contribution in [0.3, 0.4) is 0 Å². The summed E-state index contributed by atoms with van der Waals surface area (Å²) >= 11 is 0. The number of nitrogens with zero attached hydrogens (tertiary/aromatic N) is 4. The Morgan fingerprint density at radius 1 is 1.23 bits per heavy atom. The molecule has 0 atom stereocenters. The number of nitrogens with one attached hydrogen (secondary N) is 1. The summed E-state index contributed by atoms with van der Waals surface area (Å²) in [5.41, 5.74) is 10.7. The lowest BCUT2D eigenvalue weighted by Crippen LogP contribution is -2.13. The van der Waals surface area contributed by atoms with E-state index >= 15 is 0 Å². The second kappa shape index (κ2) is 7.46. The fraction of sp³-hybridized carbons (Fsp3) is 0.182. The summed E-state index contributed by atoms with van der Waals surface area (Å²) in [7, 11) is 3.43. The molecule has 150 valence electrons. The summed E-state index contributed by atoms with van der Waals surface area (Å²) in [6.07, 6.45) is 1.76. The maximum absolute atomic E-state index is 12.1. The average molecular weight is 400 g/mol. The molecule has 0 bridgehead atoms. The third-order valence-corrected chi connectivity index (χ3v) is 5.28. The zero-order chi connectivity index (χ0) is 21.4. The first-order valence-electron chi connectivity index (χ1n) is 9.29. The van der Waals surface area contributed by atoms with Crippen molar-refractivity contribution in [1.29, 1.82) is 0 Å². The van der Waals surface area contributed by atoms with Crippen LogP contribution in [0, 0.1) is 13.5 Å². The second-order valence-corrected chi connectivity index (χ2v) is 6.90. The van der Waals surface area contributed by atoms with Gasteiger partial charge in [-0.05, 0) is 36.2 Å². The minimum atomic E-state index is -0.263. The van der Waals surface area contributed by atoms with E-state index in [1.165, 1.54) is 0 Å². The van der Waals surface area contributed by atoms with E-state index in [1.54, 1.807) is 24.1 Å². The van der Waals surface area contributed by atoms with Gasteiger partial charge in [0.15, 0.2) is 0 Å².